The highest BCUT2D eigenvalue weighted by Gasteiger charge is 2.27. The number of imide groups is 1. The number of hydrogen-bond donors (Lipinski definition) is 3. The first-order valence-electron chi connectivity index (χ1n) is 8.82. The summed E-state index contributed by atoms with van der Waals surface area (Å²) in [5, 5.41) is 18.5. The predicted molar refractivity (Wildman–Crippen MR) is 118 cm³/mol. The van der Waals surface area contributed by atoms with Crippen molar-refractivity contribution in [2.75, 3.05) is 17.4 Å². The molecule has 9 nitrogen and oxygen atoms in total. The topological polar surface area (TPSA) is 123 Å². The van der Waals surface area contributed by atoms with Crippen LogP contribution < -0.4 is 10.3 Å². The Hall–Kier alpha value is -3.63. The summed E-state index contributed by atoms with van der Waals surface area (Å²) in [6.07, 6.45) is -3.47. The molecule has 0 fully saturated rings. The van der Waals surface area contributed by atoms with Crippen LogP contribution in [0.1, 0.15) is 15.2 Å². The number of nitrogens with zero attached hydrogens (tertiary/aromatic N) is 3. The molecular weight excluding hydrogens is 444 g/mol. The maximum absolute atomic E-state index is 13.3. The molecule has 0 spiro atoms. The Kier molecular flexibility index (Phi) is 6.42. The highest BCUT2D eigenvalue weighted by molar-refractivity contribution is 7.18. The molecule has 0 saturated heterocycles. The zero-order valence-electron chi connectivity index (χ0n) is 16.4. The van der Waals surface area contributed by atoms with Crippen LogP contribution in [0.5, 0.6) is 0 Å². The number of anilines is 2. The lowest BCUT2D eigenvalue weighted by atomic mass is 10.1. The number of hydrogen-bond acceptors (Lipinski definition) is 6. The van der Waals surface area contributed by atoms with Crippen LogP contribution >= 0.6 is 22.9 Å². The van der Waals surface area contributed by atoms with E-state index in [0.29, 0.717) is 22.0 Å². The molecule has 0 radical (unpaired) electrons. The van der Waals surface area contributed by atoms with Gasteiger partial charge in [0.05, 0.1) is 5.69 Å². The number of thiazole rings is 1. The number of nitrogens with one attached hydrogen (secondary N) is 1. The van der Waals surface area contributed by atoms with E-state index in [-0.39, 0.29) is 15.0 Å². The summed E-state index contributed by atoms with van der Waals surface area (Å²) in [6, 6.07) is 14.0. The first-order chi connectivity index (χ1) is 14.7. The fraction of sp³-hybridized carbons (Fsp3) is 0.100. The Bertz CT molecular complexity index is 1140. The molecule has 0 atom stereocenters. The quantitative estimate of drug-likeness (QED) is 0.456. The number of halogens is 1. The number of aryl methyl sites for hydroxylation is 1. The standard InChI is InChI=1S/C20H17ClN4O5S/c1-11-8-9-13(10-14(11)21)24(2)17(26)16-15(12-6-4-3-5-7-12)22-18(31-16)23-25(19(27)28)20(29)30/h3-10H,1-2H3,(H,22,23)(H,27,28)(H,29,30). The molecule has 0 bridgehead atoms. The van der Waals surface area contributed by atoms with Crippen molar-refractivity contribution in [3.05, 3.63) is 64.0 Å². The molecule has 3 rings (SSSR count). The van der Waals surface area contributed by atoms with Gasteiger partial charge in [0.15, 0.2) is 0 Å². The van der Waals surface area contributed by atoms with Gasteiger partial charge in [-0.25, -0.2) is 14.6 Å². The van der Waals surface area contributed by atoms with Gasteiger partial charge >= 0.3 is 12.2 Å². The van der Waals surface area contributed by atoms with Crippen molar-refractivity contribution >= 4 is 51.9 Å². The van der Waals surface area contributed by atoms with Gasteiger partial charge in [0.25, 0.3) is 5.91 Å². The van der Waals surface area contributed by atoms with Gasteiger partial charge in [-0.1, -0.05) is 59.3 Å². The number of carbonyl (C=O) groups excluding carboxylic acids is 1. The number of carboxylic acid groups (broad SMARTS) is 2. The highest BCUT2D eigenvalue weighted by Crippen LogP contribution is 2.34. The summed E-state index contributed by atoms with van der Waals surface area (Å²) in [5.41, 5.74) is 4.53. The zero-order chi connectivity index (χ0) is 22.7. The molecule has 0 unspecified atom stereocenters. The average molecular weight is 461 g/mol. The molecule has 3 aromatic rings. The first kappa shape index (κ1) is 22.1. The highest BCUT2D eigenvalue weighted by atomic mass is 35.5. The largest absolute Gasteiger partial charge is 0.463 e. The summed E-state index contributed by atoms with van der Waals surface area (Å²) in [4.78, 5) is 41.5. The van der Waals surface area contributed by atoms with Crippen LogP contribution in [0.2, 0.25) is 5.02 Å². The minimum absolute atomic E-state index is 0.0364. The minimum Gasteiger partial charge on any atom is -0.463 e. The van der Waals surface area contributed by atoms with Crippen molar-refractivity contribution in [2.45, 2.75) is 6.92 Å². The number of aromatic nitrogens is 1. The van der Waals surface area contributed by atoms with Crippen LogP contribution in [0.4, 0.5) is 20.4 Å². The summed E-state index contributed by atoms with van der Waals surface area (Å²) in [6.45, 7) is 1.85. The van der Waals surface area contributed by atoms with E-state index in [1.807, 2.05) is 6.92 Å². The molecule has 1 heterocycles. The Morgan fingerprint density at radius 2 is 1.71 bits per heavy atom. The van der Waals surface area contributed by atoms with Crippen LogP contribution in [0.25, 0.3) is 11.3 Å². The Morgan fingerprint density at radius 1 is 1.06 bits per heavy atom. The molecular formula is C20H17ClN4O5S. The average Bonchev–Trinajstić information content (AvgIpc) is 3.17. The van der Waals surface area contributed by atoms with Crippen LogP contribution in [0.15, 0.2) is 48.5 Å². The van der Waals surface area contributed by atoms with Crippen molar-refractivity contribution in [1.82, 2.24) is 9.99 Å². The second-order valence-corrected chi connectivity index (χ2v) is 7.78. The Labute approximate surface area is 186 Å². The van der Waals surface area contributed by atoms with Crippen molar-refractivity contribution in [1.29, 1.82) is 0 Å². The van der Waals surface area contributed by atoms with E-state index in [1.165, 1.54) is 4.90 Å². The van der Waals surface area contributed by atoms with E-state index in [9.17, 15) is 14.4 Å². The smallest absolute Gasteiger partial charge is 0.436 e. The van der Waals surface area contributed by atoms with E-state index in [0.717, 1.165) is 16.9 Å². The van der Waals surface area contributed by atoms with Crippen molar-refractivity contribution < 1.29 is 24.6 Å². The van der Waals surface area contributed by atoms with E-state index in [4.69, 9.17) is 21.8 Å². The monoisotopic (exact) mass is 460 g/mol. The predicted octanol–water partition coefficient (Wildman–Crippen LogP) is 5.03. The zero-order valence-corrected chi connectivity index (χ0v) is 17.9. The van der Waals surface area contributed by atoms with Crippen LogP contribution in [0, 0.1) is 6.92 Å². The van der Waals surface area contributed by atoms with Crippen molar-refractivity contribution in [3.8, 4) is 11.3 Å². The Balaban J connectivity index is 2.03. The van der Waals surface area contributed by atoms with Crippen LogP contribution in [-0.4, -0.2) is 45.3 Å². The number of hydrazine groups is 1. The second kappa shape index (κ2) is 9.02. The lowest BCUT2D eigenvalue weighted by Crippen LogP contribution is -2.39. The van der Waals surface area contributed by atoms with E-state index < -0.39 is 18.1 Å². The number of carbonyl (C=O) groups is 3. The normalized spacial score (nSPS) is 10.4. The summed E-state index contributed by atoms with van der Waals surface area (Å²) in [7, 11) is 1.58. The molecule has 3 N–H and O–H groups in total. The molecule has 0 aliphatic rings. The van der Waals surface area contributed by atoms with Gasteiger partial charge in [-0.05, 0) is 24.6 Å². The second-order valence-electron chi connectivity index (χ2n) is 6.37. The van der Waals surface area contributed by atoms with Gasteiger partial charge in [0.2, 0.25) is 5.13 Å². The number of amides is 3. The fourth-order valence-corrected chi connectivity index (χ4v) is 3.76. The molecule has 31 heavy (non-hydrogen) atoms. The van der Waals surface area contributed by atoms with Gasteiger partial charge in [-0.3, -0.25) is 10.2 Å². The van der Waals surface area contributed by atoms with E-state index in [1.54, 1.807) is 55.6 Å². The van der Waals surface area contributed by atoms with Gasteiger partial charge < -0.3 is 15.1 Å². The van der Waals surface area contributed by atoms with Gasteiger partial charge in [0, 0.05) is 23.3 Å². The minimum atomic E-state index is -1.73. The van der Waals surface area contributed by atoms with Crippen molar-refractivity contribution in [2.24, 2.45) is 0 Å². The summed E-state index contributed by atoms with van der Waals surface area (Å²) >= 11 is 7.02. The maximum Gasteiger partial charge on any atom is 0.436 e. The number of benzene rings is 2. The third kappa shape index (κ3) is 4.76. The maximum atomic E-state index is 13.3. The first-order valence-corrected chi connectivity index (χ1v) is 10.0. The molecule has 0 aliphatic heterocycles. The van der Waals surface area contributed by atoms with E-state index >= 15 is 0 Å². The molecule has 11 heteroatoms. The van der Waals surface area contributed by atoms with Crippen molar-refractivity contribution in [3.63, 3.8) is 0 Å². The molecule has 0 aliphatic carbocycles. The third-order valence-corrected chi connectivity index (χ3v) is 5.66. The van der Waals surface area contributed by atoms with Gasteiger partial charge in [-0.15, -0.1) is 5.01 Å². The number of rotatable bonds is 5. The van der Waals surface area contributed by atoms with Crippen LogP contribution in [0.3, 0.4) is 0 Å². The Morgan fingerprint density at radius 3 is 2.29 bits per heavy atom. The SMILES string of the molecule is Cc1ccc(N(C)C(=O)c2sc(NN(C(=O)O)C(=O)O)nc2-c2ccccc2)cc1Cl. The fourth-order valence-electron chi connectivity index (χ4n) is 2.64. The van der Waals surface area contributed by atoms with E-state index in [2.05, 4.69) is 10.4 Å². The van der Waals surface area contributed by atoms with Crippen LogP contribution in [-0.2, 0) is 0 Å². The van der Waals surface area contributed by atoms with Gasteiger partial charge in [0.1, 0.15) is 4.88 Å². The lowest BCUT2D eigenvalue weighted by Gasteiger charge is -2.18. The molecule has 1 aromatic heterocycles. The summed E-state index contributed by atoms with van der Waals surface area (Å²) < 4.78 is 0. The third-order valence-electron chi connectivity index (χ3n) is 4.31. The molecule has 160 valence electrons. The van der Waals surface area contributed by atoms with Gasteiger partial charge in [-0.2, -0.15) is 0 Å². The summed E-state index contributed by atoms with van der Waals surface area (Å²) in [5.74, 6) is -0.415. The molecule has 2 aromatic carbocycles. The molecule has 0 saturated carbocycles. The lowest BCUT2D eigenvalue weighted by molar-refractivity contribution is 0.0996. The molecule has 3 amide bonds.